The molecule has 0 spiro atoms. The van der Waals surface area contributed by atoms with Crippen molar-refractivity contribution in [1.29, 1.82) is 0 Å². The fourth-order valence-electron chi connectivity index (χ4n) is 1.09. The van der Waals surface area contributed by atoms with Gasteiger partial charge in [-0.1, -0.05) is 0 Å². The van der Waals surface area contributed by atoms with E-state index in [0.717, 1.165) is 5.69 Å². The number of hydrogen-bond donors (Lipinski definition) is 0. The minimum absolute atomic E-state index is 0.00991. The van der Waals surface area contributed by atoms with Gasteiger partial charge in [-0.25, -0.2) is 0 Å². The molecule has 0 aliphatic heterocycles. The van der Waals surface area contributed by atoms with Crippen LogP contribution in [-0.2, 0) is 11.8 Å². The minimum atomic E-state index is -0.00991. The van der Waals surface area contributed by atoms with Crippen molar-refractivity contribution in [3.05, 3.63) is 17.5 Å². The van der Waals surface area contributed by atoms with Crippen LogP contribution in [0.4, 0.5) is 0 Å². The van der Waals surface area contributed by atoms with Crippen molar-refractivity contribution in [3.8, 4) is 0 Å². The van der Waals surface area contributed by atoms with E-state index in [9.17, 15) is 4.79 Å². The second-order valence-electron chi connectivity index (χ2n) is 3.55. The Labute approximate surface area is 83.9 Å². The molecule has 1 aromatic rings. The molecule has 0 radical (unpaired) electrons. The van der Waals surface area contributed by atoms with E-state index in [1.54, 1.807) is 10.9 Å². The molecule has 1 rings (SSSR count). The van der Waals surface area contributed by atoms with Crippen molar-refractivity contribution in [2.45, 2.75) is 26.9 Å². The SMILES string of the molecule is Cc1c(C(=O)COC(C)C)cnn1C. The molecule has 14 heavy (non-hydrogen) atoms. The van der Waals surface area contributed by atoms with Crippen LogP contribution >= 0.6 is 0 Å². The minimum Gasteiger partial charge on any atom is -0.371 e. The van der Waals surface area contributed by atoms with Crippen LogP contribution in [0.25, 0.3) is 0 Å². The topological polar surface area (TPSA) is 44.1 Å². The average Bonchev–Trinajstić information content (AvgIpc) is 2.44. The zero-order chi connectivity index (χ0) is 10.7. The number of Topliss-reactive ketones (excluding diaryl/α,β-unsaturated/α-hetero) is 1. The summed E-state index contributed by atoms with van der Waals surface area (Å²) in [5, 5.41) is 4.00. The molecular weight excluding hydrogens is 180 g/mol. The van der Waals surface area contributed by atoms with Gasteiger partial charge < -0.3 is 4.74 Å². The second kappa shape index (κ2) is 4.37. The molecule has 0 aliphatic rings. The Hall–Kier alpha value is -1.16. The van der Waals surface area contributed by atoms with Crippen molar-refractivity contribution >= 4 is 5.78 Å². The molecule has 78 valence electrons. The number of carbonyl (C=O) groups excluding carboxylic acids is 1. The Morgan fingerprint density at radius 2 is 2.29 bits per heavy atom. The van der Waals surface area contributed by atoms with Crippen LogP contribution in [0, 0.1) is 6.92 Å². The molecule has 0 saturated carbocycles. The average molecular weight is 196 g/mol. The Morgan fingerprint density at radius 1 is 1.64 bits per heavy atom. The molecular formula is C10H16N2O2. The summed E-state index contributed by atoms with van der Waals surface area (Å²) >= 11 is 0. The van der Waals surface area contributed by atoms with E-state index in [4.69, 9.17) is 4.74 Å². The Bertz CT molecular complexity index is 329. The van der Waals surface area contributed by atoms with Gasteiger partial charge in [0.1, 0.15) is 6.61 Å². The van der Waals surface area contributed by atoms with Gasteiger partial charge in [-0.3, -0.25) is 9.48 Å². The highest BCUT2D eigenvalue weighted by molar-refractivity contribution is 5.97. The van der Waals surface area contributed by atoms with E-state index >= 15 is 0 Å². The van der Waals surface area contributed by atoms with Gasteiger partial charge in [0.05, 0.1) is 17.9 Å². The molecule has 0 aliphatic carbocycles. The largest absolute Gasteiger partial charge is 0.371 e. The highest BCUT2D eigenvalue weighted by Crippen LogP contribution is 2.07. The van der Waals surface area contributed by atoms with Crippen LogP contribution in [0.15, 0.2) is 6.20 Å². The van der Waals surface area contributed by atoms with E-state index in [2.05, 4.69) is 5.10 Å². The van der Waals surface area contributed by atoms with Gasteiger partial charge in [-0.15, -0.1) is 0 Å². The van der Waals surface area contributed by atoms with Crippen LogP contribution in [-0.4, -0.2) is 28.3 Å². The van der Waals surface area contributed by atoms with E-state index in [0.29, 0.717) is 5.56 Å². The van der Waals surface area contributed by atoms with E-state index in [1.807, 2.05) is 27.8 Å². The number of ether oxygens (including phenoxy) is 1. The fraction of sp³-hybridized carbons (Fsp3) is 0.600. The highest BCUT2D eigenvalue weighted by atomic mass is 16.5. The van der Waals surface area contributed by atoms with Crippen molar-refractivity contribution in [2.75, 3.05) is 6.61 Å². The molecule has 4 heteroatoms. The molecule has 0 fully saturated rings. The van der Waals surface area contributed by atoms with Gasteiger partial charge in [0.2, 0.25) is 0 Å². The summed E-state index contributed by atoms with van der Waals surface area (Å²) in [4.78, 5) is 11.6. The first-order valence-electron chi connectivity index (χ1n) is 4.65. The third-order valence-corrected chi connectivity index (χ3v) is 2.08. The zero-order valence-corrected chi connectivity index (χ0v) is 9.07. The van der Waals surface area contributed by atoms with Gasteiger partial charge in [0.25, 0.3) is 0 Å². The van der Waals surface area contributed by atoms with Crippen molar-refractivity contribution in [2.24, 2.45) is 7.05 Å². The predicted octanol–water partition coefficient (Wildman–Crippen LogP) is 1.34. The zero-order valence-electron chi connectivity index (χ0n) is 9.07. The normalized spacial score (nSPS) is 10.9. The van der Waals surface area contributed by atoms with Crippen molar-refractivity contribution in [1.82, 2.24) is 9.78 Å². The lowest BCUT2D eigenvalue weighted by Crippen LogP contribution is -2.14. The lowest BCUT2D eigenvalue weighted by molar-refractivity contribution is 0.0584. The lowest BCUT2D eigenvalue weighted by atomic mass is 10.2. The number of carbonyl (C=O) groups is 1. The van der Waals surface area contributed by atoms with Gasteiger partial charge >= 0.3 is 0 Å². The third-order valence-electron chi connectivity index (χ3n) is 2.08. The number of hydrogen-bond acceptors (Lipinski definition) is 3. The number of nitrogens with zero attached hydrogens (tertiary/aromatic N) is 2. The Balaban J connectivity index is 2.66. The summed E-state index contributed by atoms with van der Waals surface area (Å²) in [7, 11) is 1.81. The lowest BCUT2D eigenvalue weighted by Gasteiger charge is -2.05. The highest BCUT2D eigenvalue weighted by Gasteiger charge is 2.13. The molecule has 0 unspecified atom stereocenters. The number of aryl methyl sites for hydroxylation is 1. The van der Waals surface area contributed by atoms with Gasteiger partial charge in [-0.2, -0.15) is 5.10 Å². The summed E-state index contributed by atoms with van der Waals surface area (Å²) in [5.74, 6) is -0.00991. The monoisotopic (exact) mass is 196 g/mol. The van der Waals surface area contributed by atoms with Crippen LogP contribution in [0.1, 0.15) is 29.9 Å². The van der Waals surface area contributed by atoms with Gasteiger partial charge in [0, 0.05) is 12.7 Å². The van der Waals surface area contributed by atoms with Crippen LogP contribution in [0.5, 0.6) is 0 Å². The third kappa shape index (κ3) is 2.42. The fourth-order valence-corrected chi connectivity index (χ4v) is 1.09. The molecule has 1 aromatic heterocycles. The van der Waals surface area contributed by atoms with Gasteiger partial charge in [-0.05, 0) is 20.8 Å². The molecule has 0 atom stereocenters. The first-order valence-corrected chi connectivity index (χ1v) is 4.65. The Kier molecular flexibility index (Phi) is 3.41. The van der Waals surface area contributed by atoms with Crippen LogP contribution in [0.2, 0.25) is 0 Å². The predicted molar refractivity (Wildman–Crippen MR) is 53.4 cm³/mol. The molecule has 0 aromatic carbocycles. The first kappa shape index (κ1) is 10.9. The molecule has 0 saturated heterocycles. The molecule has 0 N–H and O–H groups in total. The number of aromatic nitrogens is 2. The van der Waals surface area contributed by atoms with Crippen LogP contribution in [0.3, 0.4) is 0 Å². The van der Waals surface area contributed by atoms with Crippen LogP contribution < -0.4 is 0 Å². The van der Waals surface area contributed by atoms with Crippen molar-refractivity contribution < 1.29 is 9.53 Å². The summed E-state index contributed by atoms with van der Waals surface area (Å²) in [6.07, 6.45) is 1.66. The van der Waals surface area contributed by atoms with E-state index in [-0.39, 0.29) is 18.5 Å². The van der Waals surface area contributed by atoms with E-state index in [1.165, 1.54) is 0 Å². The smallest absolute Gasteiger partial charge is 0.191 e. The quantitative estimate of drug-likeness (QED) is 0.682. The molecule has 1 heterocycles. The maximum absolute atomic E-state index is 11.6. The standard InChI is InChI=1S/C10H16N2O2/c1-7(2)14-6-10(13)9-5-11-12(4)8(9)3/h5,7H,6H2,1-4H3. The molecule has 0 amide bonds. The number of ketones is 1. The maximum atomic E-state index is 11.6. The summed E-state index contributed by atoms with van der Waals surface area (Å²) in [5.41, 5.74) is 1.52. The molecule has 0 bridgehead atoms. The van der Waals surface area contributed by atoms with E-state index < -0.39 is 0 Å². The Morgan fingerprint density at radius 3 is 2.71 bits per heavy atom. The maximum Gasteiger partial charge on any atom is 0.191 e. The first-order chi connectivity index (χ1) is 6.52. The summed E-state index contributed by atoms with van der Waals surface area (Å²) < 4.78 is 6.92. The summed E-state index contributed by atoms with van der Waals surface area (Å²) in [6, 6.07) is 0. The van der Waals surface area contributed by atoms with Crippen molar-refractivity contribution in [3.63, 3.8) is 0 Å². The number of rotatable bonds is 4. The molecule has 4 nitrogen and oxygen atoms in total. The second-order valence-corrected chi connectivity index (χ2v) is 3.55. The summed E-state index contributed by atoms with van der Waals surface area (Å²) in [6.45, 7) is 5.81. The van der Waals surface area contributed by atoms with Gasteiger partial charge in [0.15, 0.2) is 5.78 Å².